The molecule has 1 aliphatic heterocycles. The van der Waals surface area contributed by atoms with Crippen molar-refractivity contribution in [3.8, 4) is 0 Å². The van der Waals surface area contributed by atoms with E-state index in [9.17, 15) is 14.4 Å². The molecule has 2 aromatic carbocycles. The molecule has 0 spiro atoms. The monoisotopic (exact) mass is 589 g/mol. The number of Topliss-reactive ketones (excluding diaryl/α,β-unsaturated/α-hetero) is 1. The molecule has 1 saturated heterocycles. The van der Waals surface area contributed by atoms with Crippen molar-refractivity contribution in [2.45, 2.75) is 42.5 Å². The van der Waals surface area contributed by atoms with Gasteiger partial charge in [-0.1, -0.05) is 15.9 Å². The van der Waals surface area contributed by atoms with Crippen LogP contribution in [0.4, 0.5) is 4.79 Å². The van der Waals surface area contributed by atoms with Crippen LogP contribution in [0.15, 0.2) is 40.9 Å². The van der Waals surface area contributed by atoms with Gasteiger partial charge in [0.15, 0.2) is 0 Å². The molecule has 2 atom stereocenters. The van der Waals surface area contributed by atoms with E-state index in [1.807, 2.05) is 24.3 Å². The molecule has 0 aromatic heterocycles. The Morgan fingerprint density at radius 2 is 1.84 bits per heavy atom. The number of hydrogen-bond donors (Lipinski definition) is 0. The standard InChI is InChI=1S/C22H23BrNO5.CH2.In/c1-22(2,3)29-21(27)24-10-4-5-18(24)20(26)28-13-19(25)16-7-6-15-12-17(23)9-8-14(15)11-16;;/h4,6-9,11-12,18H,5,10,13H2,1-3H3;1H2;/t18-;;/m1../s1. The number of fused-ring (bicyclic) bond motifs is 1. The molecule has 162 valence electrons. The third-order valence-corrected chi connectivity index (χ3v) is 8.81. The second-order valence-corrected chi connectivity index (χ2v) is 13.6. The van der Waals surface area contributed by atoms with E-state index in [4.69, 9.17) is 9.47 Å². The van der Waals surface area contributed by atoms with E-state index in [-0.39, 0.29) is 16.1 Å². The number of ketones is 1. The maximum absolute atomic E-state index is 12.7. The second kappa shape index (κ2) is 9.86. The quantitative estimate of drug-likeness (QED) is 0.385. The van der Waals surface area contributed by atoms with Crippen molar-refractivity contribution in [2.75, 3.05) is 13.2 Å². The minimum atomic E-state index is -1.11. The van der Waals surface area contributed by atoms with Crippen LogP contribution in [0.25, 0.3) is 10.8 Å². The third kappa shape index (κ3) is 6.19. The van der Waals surface area contributed by atoms with Crippen LogP contribution in [0, 0.1) is 0 Å². The Kier molecular flexibility index (Phi) is 7.63. The van der Waals surface area contributed by atoms with Crippen molar-refractivity contribution < 1.29 is 23.9 Å². The first kappa shape index (κ1) is 24.0. The Bertz CT molecular complexity index is 1030. The van der Waals surface area contributed by atoms with Gasteiger partial charge in [-0.15, -0.1) is 0 Å². The zero-order valence-electron chi connectivity index (χ0n) is 17.9. The first-order valence-corrected chi connectivity index (χ1v) is 15.1. The number of carbonyl (C=O) groups excluding carboxylic acids is 3. The van der Waals surface area contributed by atoms with E-state index in [2.05, 4.69) is 20.2 Å². The van der Waals surface area contributed by atoms with E-state index in [0.717, 1.165) is 15.2 Å². The van der Waals surface area contributed by atoms with Crippen LogP contribution in [0.5, 0.6) is 0 Å². The van der Waals surface area contributed by atoms with Gasteiger partial charge in [0.25, 0.3) is 0 Å². The Balaban J connectivity index is 1.66. The average molecular weight is 590 g/mol. The molecular formula is C23H25BrInNO5. The first-order chi connectivity index (χ1) is 14.6. The van der Waals surface area contributed by atoms with E-state index >= 15 is 0 Å². The number of rotatable bonds is 5. The van der Waals surface area contributed by atoms with Gasteiger partial charge in [0.05, 0.1) is 0 Å². The fourth-order valence-corrected chi connectivity index (χ4v) is 6.23. The molecule has 0 bridgehead atoms. The molecule has 0 radical (unpaired) electrons. The summed E-state index contributed by atoms with van der Waals surface area (Å²) in [4.78, 5) is 39.4. The fourth-order valence-electron chi connectivity index (χ4n) is 3.49. The summed E-state index contributed by atoms with van der Waals surface area (Å²) < 4.78 is 16.1. The molecule has 31 heavy (non-hydrogen) atoms. The van der Waals surface area contributed by atoms with Crippen LogP contribution in [0.3, 0.4) is 0 Å². The van der Waals surface area contributed by atoms with Gasteiger partial charge in [-0.25, -0.2) is 0 Å². The minimum absolute atomic E-state index is 0.274. The number of hydrogen-bond acceptors (Lipinski definition) is 5. The van der Waals surface area contributed by atoms with E-state index < -0.39 is 46.1 Å². The molecule has 2 aromatic rings. The van der Waals surface area contributed by atoms with Gasteiger partial charge in [0.1, 0.15) is 0 Å². The molecule has 1 amide bonds. The number of esters is 1. The summed E-state index contributed by atoms with van der Waals surface area (Å²) in [6, 6.07) is 10.4. The third-order valence-electron chi connectivity index (χ3n) is 5.04. The molecule has 0 aliphatic carbocycles. The Morgan fingerprint density at radius 3 is 2.52 bits per heavy atom. The SMILES string of the molecule is [CH2]=[In][C@@H]1C[C@H](C(=O)OCC(=O)c2ccc3cc(Br)ccc3c2)N(C(=O)OC(C)(C)C)C1. The number of amides is 1. The van der Waals surface area contributed by atoms with Crippen molar-refractivity contribution in [3.05, 3.63) is 46.4 Å². The molecule has 1 fully saturated rings. The van der Waals surface area contributed by atoms with Gasteiger partial charge >= 0.3 is 182 Å². The van der Waals surface area contributed by atoms with Crippen LogP contribution in [-0.2, 0) is 14.3 Å². The summed E-state index contributed by atoms with van der Waals surface area (Å²) in [5.74, 6) is -0.853. The summed E-state index contributed by atoms with van der Waals surface area (Å²) in [6.07, 6.45) is 0.00196. The average Bonchev–Trinajstić information content (AvgIpc) is 3.15. The summed E-state index contributed by atoms with van der Waals surface area (Å²) in [6.45, 7) is 5.45. The molecule has 3 rings (SSSR count). The van der Waals surface area contributed by atoms with Crippen molar-refractivity contribution >= 4 is 71.2 Å². The topological polar surface area (TPSA) is 72.9 Å². The molecule has 1 heterocycles. The summed E-state index contributed by atoms with van der Waals surface area (Å²) >= 11 is 2.32. The van der Waals surface area contributed by atoms with Crippen LogP contribution >= 0.6 is 15.9 Å². The summed E-state index contributed by atoms with van der Waals surface area (Å²) in [5, 5.41) is 1.93. The Hall–Kier alpha value is -1.67. The molecule has 6 nitrogen and oxygen atoms in total. The number of halogens is 1. The van der Waals surface area contributed by atoms with Crippen molar-refractivity contribution in [1.29, 1.82) is 0 Å². The normalized spacial score (nSPS) is 18.5. The number of ether oxygens (including phenoxy) is 2. The molecule has 1 aliphatic rings. The van der Waals surface area contributed by atoms with E-state index in [1.54, 1.807) is 32.9 Å². The van der Waals surface area contributed by atoms with Crippen LogP contribution in [0.2, 0.25) is 3.67 Å². The van der Waals surface area contributed by atoms with E-state index in [1.165, 1.54) is 4.90 Å². The zero-order valence-corrected chi connectivity index (χ0v) is 22.8. The summed E-state index contributed by atoms with van der Waals surface area (Å²) in [7, 11) is 0. The first-order valence-electron chi connectivity index (χ1n) is 10.1. The molecule has 0 N–H and O–H groups in total. The number of benzene rings is 2. The molecule has 8 heteroatoms. The van der Waals surface area contributed by atoms with Crippen molar-refractivity contribution in [3.63, 3.8) is 0 Å². The fraction of sp³-hybridized carbons (Fsp3) is 0.391. The second-order valence-electron chi connectivity index (χ2n) is 8.62. The van der Waals surface area contributed by atoms with Crippen molar-refractivity contribution in [1.82, 2.24) is 4.90 Å². The van der Waals surface area contributed by atoms with Crippen molar-refractivity contribution in [2.24, 2.45) is 0 Å². The van der Waals surface area contributed by atoms with Gasteiger partial charge < -0.3 is 0 Å². The predicted molar refractivity (Wildman–Crippen MR) is 125 cm³/mol. The van der Waals surface area contributed by atoms with E-state index in [0.29, 0.717) is 18.5 Å². The number of carbonyl (C=O) groups is 3. The summed E-state index contributed by atoms with van der Waals surface area (Å²) in [5.41, 5.74) is -0.180. The molecule has 0 saturated carbocycles. The predicted octanol–water partition coefficient (Wildman–Crippen LogP) is 4.26. The Morgan fingerprint density at radius 1 is 1.16 bits per heavy atom. The van der Waals surface area contributed by atoms with Gasteiger partial charge in [-0.2, -0.15) is 0 Å². The number of likely N-dealkylation sites (tertiary alicyclic amines) is 1. The van der Waals surface area contributed by atoms with Gasteiger partial charge in [0, 0.05) is 4.47 Å². The Labute approximate surface area is 201 Å². The molecular weight excluding hydrogens is 565 g/mol. The van der Waals surface area contributed by atoms with Gasteiger partial charge in [0.2, 0.25) is 0 Å². The zero-order chi connectivity index (χ0) is 22.8. The van der Waals surface area contributed by atoms with Crippen LogP contribution < -0.4 is 0 Å². The molecule has 0 unspecified atom stereocenters. The van der Waals surface area contributed by atoms with Crippen LogP contribution in [-0.4, -0.2) is 74.2 Å². The number of nitrogens with zero attached hydrogens (tertiary/aromatic N) is 1. The van der Waals surface area contributed by atoms with Gasteiger partial charge in [-0.3, -0.25) is 0 Å². The van der Waals surface area contributed by atoms with Crippen LogP contribution in [0.1, 0.15) is 37.6 Å². The maximum atomic E-state index is 12.7. The van der Waals surface area contributed by atoms with Gasteiger partial charge in [-0.05, 0) is 0 Å².